The number of carbonyl (C=O) groups excluding carboxylic acids is 1. The Morgan fingerprint density at radius 1 is 1.78 bits per heavy atom. The van der Waals surface area contributed by atoms with Crippen LogP contribution in [-0.2, 0) is 4.79 Å². The topological polar surface area (TPSA) is 41.1 Å². The molecule has 52 valence electrons. The summed E-state index contributed by atoms with van der Waals surface area (Å²) in [7, 11) is 0. The lowest BCUT2D eigenvalue weighted by Crippen LogP contribution is -2.36. The lowest BCUT2D eigenvalue weighted by atomic mass is 10.5. The van der Waals surface area contributed by atoms with Gasteiger partial charge in [-0.2, -0.15) is 0 Å². The minimum atomic E-state index is -0.191. The summed E-state index contributed by atoms with van der Waals surface area (Å²) in [5.74, 6) is -0.191. The Bertz CT molecular complexity index is 101. The maximum atomic E-state index is 10.4. The SMILES string of the molecule is C=CC(=O)NNCCC. The first-order valence-electron chi connectivity index (χ1n) is 2.96. The van der Waals surface area contributed by atoms with Crippen molar-refractivity contribution in [1.29, 1.82) is 0 Å². The zero-order valence-corrected chi connectivity index (χ0v) is 5.61. The number of hydrogen-bond acceptors (Lipinski definition) is 2. The maximum absolute atomic E-state index is 10.4. The highest BCUT2D eigenvalue weighted by Gasteiger charge is 1.87. The number of hydrazine groups is 1. The molecule has 0 aromatic carbocycles. The van der Waals surface area contributed by atoms with Crippen LogP contribution in [0, 0.1) is 0 Å². The highest BCUT2D eigenvalue weighted by Crippen LogP contribution is 1.66. The molecule has 3 nitrogen and oxygen atoms in total. The Labute approximate surface area is 55.1 Å². The molecule has 0 rings (SSSR count). The summed E-state index contributed by atoms with van der Waals surface area (Å²) in [6.45, 7) is 6.10. The molecule has 0 saturated heterocycles. The van der Waals surface area contributed by atoms with Gasteiger partial charge in [0.2, 0.25) is 0 Å². The van der Waals surface area contributed by atoms with E-state index in [-0.39, 0.29) is 5.91 Å². The van der Waals surface area contributed by atoms with Crippen molar-refractivity contribution in [1.82, 2.24) is 10.9 Å². The summed E-state index contributed by atoms with van der Waals surface area (Å²) in [6.07, 6.45) is 2.22. The predicted molar refractivity (Wildman–Crippen MR) is 36.6 cm³/mol. The summed E-state index contributed by atoms with van der Waals surface area (Å²) in [4.78, 5) is 10.4. The molecule has 0 aliphatic carbocycles. The Kier molecular flexibility index (Phi) is 4.82. The molecule has 2 N–H and O–H groups in total. The normalized spacial score (nSPS) is 8.56. The molecule has 0 aliphatic rings. The third-order valence-corrected chi connectivity index (χ3v) is 0.772. The second-order valence-corrected chi connectivity index (χ2v) is 1.62. The van der Waals surface area contributed by atoms with E-state index in [0.29, 0.717) is 0 Å². The van der Waals surface area contributed by atoms with Crippen LogP contribution in [0.4, 0.5) is 0 Å². The number of amides is 1. The molecule has 0 radical (unpaired) electrons. The van der Waals surface area contributed by atoms with Crippen LogP contribution in [0.15, 0.2) is 12.7 Å². The lowest BCUT2D eigenvalue weighted by molar-refractivity contribution is -0.117. The maximum Gasteiger partial charge on any atom is 0.257 e. The molecule has 0 spiro atoms. The van der Waals surface area contributed by atoms with Gasteiger partial charge in [-0.05, 0) is 12.5 Å². The van der Waals surface area contributed by atoms with Crippen molar-refractivity contribution in [2.24, 2.45) is 0 Å². The molecule has 3 heteroatoms. The Morgan fingerprint density at radius 2 is 2.44 bits per heavy atom. The van der Waals surface area contributed by atoms with Gasteiger partial charge in [0.15, 0.2) is 0 Å². The largest absolute Gasteiger partial charge is 0.288 e. The average molecular weight is 128 g/mol. The number of rotatable bonds is 4. The molecule has 0 fully saturated rings. The Hall–Kier alpha value is -0.830. The van der Waals surface area contributed by atoms with Crippen molar-refractivity contribution in [2.75, 3.05) is 6.54 Å². The summed E-state index contributed by atoms with van der Waals surface area (Å²) >= 11 is 0. The molecule has 0 atom stereocenters. The number of hydrogen-bond donors (Lipinski definition) is 2. The van der Waals surface area contributed by atoms with Gasteiger partial charge in [-0.15, -0.1) is 0 Å². The first-order chi connectivity index (χ1) is 4.31. The average Bonchev–Trinajstić information content (AvgIpc) is 1.89. The zero-order chi connectivity index (χ0) is 7.11. The summed E-state index contributed by atoms with van der Waals surface area (Å²) in [5.41, 5.74) is 5.14. The van der Waals surface area contributed by atoms with E-state index >= 15 is 0 Å². The van der Waals surface area contributed by atoms with E-state index < -0.39 is 0 Å². The highest BCUT2D eigenvalue weighted by atomic mass is 16.2. The van der Waals surface area contributed by atoms with Gasteiger partial charge in [0.05, 0.1) is 0 Å². The van der Waals surface area contributed by atoms with Crippen molar-refractivity contribution < 1.29 is 4.79 Å². The van der Waals surface area contributed by atoms with Crippen LogP contribution in [0.1, 0.15) is 13.3 Å². The Morgan fingerprint density at radius 3 is 2.89 bits per heavy atom. The third-order valence-electron chi connectivity index (χ3n) is 0.772. The van der Waals surface area contributed by atoms with Crippen LogP contribution in [0.25, 0.3) is 0 Å². The molecule has 1 amide bonds. The first-order valence-corrected chi connectivity index (χ1v) is 2.96. The minimum Gasteiger partial charge on any atom is -0.288 e. The molecule has 0 saturated carbocycles. The van der Waals surface area contributed by atoms with E-state index in [1.54, 1.807) is 0 Å². The first kappa shape index (κ1) is 8.17. The van der Waals surface area contributed by atoms with Gasteiger partial charge in [-0.3, -0.25) is 10.2 Å². The molecule has 0 aromatic rings. The molecule has 0 aliphatic heterocycles. The van der Waals surface area contributed by atoms with Crippen molar-refractivity contribution in [3.63, 3.8) is 0 Å². The summed E-state index contributed by atoms with van der Waals surface area (Å²) in [6, 6.07) is 0. The number of nitrogens with one attached hydrogen (secondary N) is 2. The molecular formula is C6H12N2O. The van der Waals surface area contributed by atoms with Crippen molar-refractivity contribution in [3.8, 4) is 0 Å². The third kappa shape index (κ3) is 5.03. The Balaban J connectivity index is 3.07. The van der Waals surface area contributed by atoms with Crippen molar-refractivity contribution in [3.05, 3.63) is 12.7 Å². The van der Waals surface area contributed by atoms with E-state index in [0.717, 1.165) is 13.0 Å². The van der Waals surface area contributed by atoms with Gasteiger partial charge in [-0.1, -0.05) is 13.5 Å². The van der Waals surface area contributed by atoms with Crippen LogP contribution in [0.5, 0.6) is 0 Å². The van der Waals surface area contributed by atoms with Crippen LogP contribution < -0.4 is 10.9 Å². The molecule has 0 heterocycles. The van der Waals surface area contributed by atoms with E-state index in [1.165, 1.54) is 6.08 Å². The van der Waals surface area contributed by atoms with E-state index in [1.807, 2.05) is 6.92 Å². The molecule has 0 unspecified atom stereocenters. The molecular weight excluding hydrogens is 116 g/mol. The monoisotopic (exact) mass is 128 g/mol. The fraction of sp³-hybridized carbons (Fsp3) is 0.500. The lowest BCUT2D eigenvalue weighted by Gasteiger charge is -2.00. The predicted octanol–water partition coefficient (Wildman–Crippen LogP) is 0.203. The fourth-order valence-electron chi connectivity index (χ4n) is 0.326. The van der Waals surface area contributed by atoms with Crippen molar-refractivity contribution >= 4 is 5.91 Å². The van der Waals surface area contributed by atoms with Crippen LogP contribution in [-0.4, -0.2) is 12.5 Å². The number of carbonyl (C=O) groups is 1. The fourth-order valence-corrected chi connectivity index (χ4v) is 0.326. The second-order valence-electron chi connectivity index (χ2n) is 1.62. The van der Waals surface area contributed by atoms with Crippen LogP contribution >= 0.6 is 0 Å². The smallest absolute Gasteiger partial charge is 0.257 e. The summed E-state index contributed by atoms with van der Waals surface area (Å²) in [5, 5.41) is 0. The van der Waals surface area contributed by atoms with E-state index in [2.05, 4.69) is 17.4 Å². The van der Waals surface area contributed by atoms with Crippen LogP contribution in [0.2, 0.25) is 0 Å². The van der Waals surface area contributed by atoms with E-state index in [9.17, 15) is 4.79 Å². The highest BCUT2D eigenvalue weighted by molar-refractivity contribution is 5.86. The second kappa shape index (κ2) is 5.31. The van der Waals surface area contributed by atoms with Crippen LogP contribution in [0.3, 0.4) is 0 Å². The van der Waals surface area contributed by atoms with Gasteiger partial charge >= 0.3 is 0 Å². The summed E-state index contributed by atoms with van der Waals surface area (Å²) < 4.78 is 0. The van der Waals surface area contributed by atoms with Gasteiger partial charge in [0.1, 0.15) is 0 Å². The van der Waals surface area contributed by atoms with E-state index in [4.69, 9.17) is 0 Å². The van der Waals surface area contributed by atoms with Gasteiger partial charge < -0.3 is 0 Å². The van der Waals surface area contributed by atoms with Gasteiger partial charge in [-0.25, -0.2) is 5.43 Å². The quantitative estimate of drug-likeness (QED) is 0.322. The van der Waals surface area contributed by atoms with Gasteiger partial charge in [0.25, 0.3) is 5.91 Å². The molecule has 9 heavy (non-hydrogen) atoms. The minimum absolute atomic E-state index is 0.191. The van der Waals surface area contributed by atoms with Crippen molar-refractivity contribution in [2.45, 2.75) is 13.3 Å². The van der Waals surface area contributed by atoms with Gasteiger partial charge in [0, 0.05) is 6.54 Å². The molecule has 0 bridgehead atoms. The standard InChI is InChI=1S/C6H12N2O/c1-3-5-7-8-6(9)4-2/h4,7H,2-3,5H2,1H3,(H,8,9). The zero-order valence-electron chi connectivity index (χ0n) is 5.61. The molecule has 0 aromatic heterocycles.